The summed E-state index contributed by atoms with van der Waals surface area (Å²) in [5, 5.41) is 5.46. The fourth-order valence-electron chi connectivity index (χ4n) is 2.61. The molecule has 0 radical (unpaired) electrons. The third kappa shape index (κ3) is 3.73. The molecule has 0 aliphatic rings. The first-order valence-corrected chi connectivity index (χ1v) is 9.14. The van der Waals surface area contributed by atoms with Crippen LogP contribution in [-0.2, 0) is 6.54 Å². The molecule has 1 aromatic carbocycles. The number of furan rings is 1. The Morgan fingerprint density at radius 1 is 1.11 bits per heavy atom. The summed E-state index contributed by atoms with van der Waals surface area (Å²) in [5.41, 5.74) is 1.99. The highest BCUT2D eigenvalue weighted by molar-refractivity contribution is 7.09. The van der Waals surface area contributed by atoms with Gasteiger partial charge in [0, 0.05) is 10.9 Å². The molecule has 0 bridgehead atoms. The van der Waals surface area contributed by atoms with Gasteiger partial charge in [-0.25, -0.2) is 4.98 Å². The number of pyridine rings is 1. The number of hydrogen-bond donors (Lipinski definition) is 2. The van der Waals surface area contributed by atoms with E-state index in [1.165, 1.54) is 23.7 Å². The molecule has 0 saturated carbocycles. The Morgan fingerprint density at radius 2 is 1.96 bits per heavy atom. The lowest BCUT2D eigenvalue weighted by atomic mass is 10.2. The summed E-state index contributed by atoms with van der Waals surface area (Å²) in [7, 11) is 0. The van der Waals surface area contributed by atoms with Crippen LogP contribution in [0.3, 0.4) is 0 Å². The van der Waals surface area contributed by atoms with E-state index >= 15 is 0 Å². The van der Waals surface area contributed by atoms with E-state index in [2.05, 4.69) is 15.3 Å². The number of hydrogen-bond acceptors (Lipinski definition) is 5. The zero-order chi connectivity index (χ0) is 18.6. The quantitative estimate of drug-likeness (QED) is 0.555. The monoisotopic (exact) mass is 377 g/mol. The van der Waals surface area contributed by atoms with Gasteiger partial charge in [0.2, 0.25) is 0 Å². The average Bonchev–Trinajstić information content (AvgIpc) is 3.39. The van der Waals surface area contributed by atoms with Crippen LogP contribution < -0.4 is 10.9 Å². The molecule has 0 aliphatic carbocycles. The minimum atomic E-state index is -0.467. The molecule has 0 aliphatic heterocycles. The van der Waals surface area contributed by atoms with Crippen molar-refractivity contribution in [1.82, 2.24) is 15.3 Å². The number of rotatable bonds is 5. The van der Waals surface area contributed by atoms with E-state index in [1.54, 1.807) is 18.2 Å². The van der Waals surface area contributed by atoms with E-state index in [1.807, 2.05) is 35.7 Å². The molecule has 6 nitrogen and oxygen atoms in total. The van der Waals surface area contributed by atoms with Crippen molar-refractivity contribution in [3.05, 3.63) is 87.2 Å². The highest BCUT2D eigenvalue weighted by Crippen LogP contribution is 2.21. The van der Waals surface area contributed by atoms with Crippen LogP contribution in [0.1, 0.15) is 15.4 Å². The van der Waals surface area contributed by atoms with Crippen molar-refractivity contribution in [1.29, 1.82) is 0 Å². The van der Waals surface area contributed by atoms with Gasteiger partial charge in [-0.1, -0.05) is 30.3 Å². The second-order valence-corrected chi connectivity index (χ2v) is 6.71. The number of aromatic amines is 1. The lowest BCUT2D eigenvalue weighted by molar-refractivity contribution is 0.0949. The van der Waals surface area contributed by atoms with Crippen molar-refractivity contribution < 1.29 is 9.21 Å². The molecule has 3 aromatic heterocycles. The van der Waals surface area contributed by atoms with E-state index in [0.717, 1.165) is 16.3 Å². The molecule has 0 fully saturated rings. The summed E-state index contributed by atoms with van der Waals surface area (Å²) >= 11 is 1.46. The van der Waals surface area contributed by atoms with Crippen molar-refractivity contribution in [2.75, 3.05) is 0 Å². The fourth-order valence-corrected chi connectivity index (χ4v) is 3.36. The Kier molecular flexibility index (Phi) is 4.67. The molecule has 2 N–H and O–H groups in total. The first-order chi connectivity index (χ1) is 13.2. The van der Waals surface area contributed by atoms with Gasteiger partial charge in [-0.3, -0.25) is 9.59 Å². The molecular weight excluding hydrogens is 362 g/mol. The van der Waals surface area contributed by atoms with Crippen LogP contribution in [0.25, 0.3) is 22.7 Å². The van der Waals surface area contributed by atoms with E-state index in [0.29, 0.717) is 11.5 Å². The number of nitrogens with one attached hydrogen (secondary N) is 2. The predicted molar refractivity (Wildman–Crippen MR) is 103 cm³/mol. The van der Waals surface area contributed by atoms with Crippen molar-refractivity contribution in [2.45, 2.75) is 6.54 Å². The van der Waals surface area contributed by atoms with Crippen LogP contribution in [0.2, 0.25) is 0 Å². The number of carbonyl (C=O) groups is 1. The zero-order valence-corrected chi connectivity index (χ0v) is 15.0. The summed E-state index contributed by atoms with van der Waals surface area (Å²) in [6.07, 6.45) is 1.52. The molecule has 3 heterocycles. The number of nitrogens with zero attached hydrogens (tertiary/aromatic N) is 1. The number of carbonyl (C=O) groups excluding carboxylic acids is 1. The van der Waals surface area contributed by atoms with Gasteiger partial charge >= 0.3 is 0 Å². The zero-order valence-electron chi connectivity index (χ0n) is 14.1. The Morgan fingerprint density at radius 3 is 2.70 bits per heavy atom. The molecule has 0 unspecified atom stereocenters. The lowest BCUT2D eigenvalue weighted by Gasteiger charge is -2.04. The number of thiazole rings is 1. The molecule has 1 amide bonds. The molecule has 134 valence electrons. The minimum Gasteiger partial charge on any atom is -0.463 e. The second-order valence-electron chi connectivity index (χ2n) is 5.77. The Labute approximate surface area is 158 Å². The second kappa shape index (κ2) is 7.43. The van der Waals surface area contributed by atoms with E-state index in [-0.39, 0.29) is 12.1 Å². The maximum absolute atomic E-state index is 12.3. The van der Waals surface area contributed by atoms with Crippen LogP contribution in [0, 0.1) is 0 Å². The average molecular weight is 377 g/mol. The van der Waals surface area contributed by atoms with Gasteiger partial charge in [0.1, 0.15) is 16.3 Å². The Balaban J connectivity index is 1.44. The molecular formula is C20H15N3O3S. The topological polar surface area (TPSA) is 88.0 Å². The SMILES string of the molecule is O=C(NCc1nc(-c2ccccc2)cs1)c1ccc(-c2ccco2)[nH]c1=O. The Hall–Kier alpha value is -3.45. The summed E-state index contributed by atoms with van der Waals surface area (Å²) in [6, 6.07) is 16.4. The molecule has 4 rings (SSSR count). The van der Waals surface area contributed by atoms with Crippen LogP contribution in [0.4, 0.5) is 0 Å². The molecule has 4 aromatic rings. The van der Waals surface area contributed by atoms with Gasteiger partial charge in [0.15, 0.2) is 0 Å². The third-order valence-corrected chi connectivity index (χ3v) is 4.81. The first kappa shape index (κ1) is 17.0. The molecule has 7 heteroatoms. The van der Waals surface area contributed by atoms with Crippen molar-refractivity contribution >= 4 is 17.2 Å². The van der Waals surface area contributed by atoms with Gasteiger partial charge in [0.25, 0.3) is 11.5 Å². The highest BCUT2D eigenvalue weighted by atomic mass is 32.1. The maximum Gasteiger partial charge on any atom is 0.261 e. The van der Waals surface area contributed by atoms with E-state index in [4.69, 9.17) is 4.42 Å². The van der Waals surface area contributed by atoms with Crippen LogP contribution in [0.5, 0.6) is 0 Å². The van der Waals surface area contributed by atoms with Crippen molar-refractivity contribution in [3.8, 4) is 22.7 Å². The lowest BCUT2D eigenvalue weighted by Crippen LogP contribution is -2.29. The van der Waals surface area contributed by atoms with Gasteiger partial charge in [-0.05, 0) is 24.3 Å². The van der Waals surface area contributed by atoms with E-state index < -0.39 is 11.5 Å². The minimum absolute atomic E-state index is 0.0464. The Bertz CT molecular complexity index is 1110. The number of amides is 1. The molecule has 0 atom stereocenters. The first-order valence-electron chi connectivity index (χ1n) is 8.26. The fraction of sp³-hybridized carbons (Fsp3) is 0.0500. The van der Waals surface area contributed by atoms with E-state index in [9.17, 15) is 9.59 Å². The normalized spacial score (nSPS) is 10.7. The van der Waals surface area contributed by atoms with Gasteiger partial charge in [-0.2, -0.15) is 0 Å². The standard InChI is InChI=1S/C20H15N3O3S/c24-19(14-8-9-15(23-20(14)25)17-7-4-10-26-17)21-11-18-22-16(12-27-18)13-5-2-1-3-6-13/h1-10,12H,11H2,(H,21,24)(H,23,25). The van der Waals surface area contributed by atoms with Gasteiger partial charge in [-0.15, -0.1) is 11.3 Å². The van der Waals surface area contributed by atoms with Crippen molar-refractivity contribution in [2.24, 2.45) is 0 Å². The van der Waals surface area contributed by atoms with Crippen LogP contribution in [0.15, 0.2) is 75.5 Å². The summed E-state index contributed by atoms with van der Waals surface area (Å²) < 4.78 is 5.24. The predicted octanol–water partition coefficient (Wildman–Crippen LogP) is 3.69. The largest absolute Gasteiger partial charge is 0.463 e. The number of H-pyrrole nitrogens is 1. The van der Waals surface area contributed by atoms with Gasteiger partial charge < -0.3 is 14.7 Å². The summed E-state index contributed by atoms with van der Waals surface area (Å²) in [4.78, 5) is 31.7. The molecule has 0 spiro atoms. The van der Waals surface area contributed by atoms with Gasteiger partial charge in [0.05, 0.1) is 24.2 Å². The van der Waals surface area contributed by atoms with Crippen LogP contribution >= 0.6 is 11.3 Å². The number of benzene rings is 1. The third-order valence-electron chi connectivity index (χ3n) is 3.96. The molecule has 0 saturated heterocycles. The summed E-state index contributed by atoms with van der Waals surface area (Å²) in [5.74, 6) is 0.0917. The highest BCUT2D eigenvalue weighted by Gasteiger charge is 2.13. The molecule has 27 heavy (non-hydrogen) atoms. The maximum atomic E-state index is 12.3. The van der Waals surface area contributed by atoms with Crippen molar-refractivity contribution in [3.63, 3.8) is 0 Å². The smallest absolute Gasteiger partial charge is 0.261 e. The van der Waals surface area contributed by atoms with Crippen LogP contribution in [-0.4, -0.2) is 15.9 Å². The summed E-state index contributed by atoms with van der Waals surface area (Å²) in [6.45, 7) is 0.260. The number of aromatic nitrogens is 2.